The number of hydrogen-bond acceptors (Lipinski definition) is 1. The molecule has 0 aromatic rings. The molecule has 1 nitrogen and oxygen atoms in total. The quantitative estimate of drug-likeness (QED) is 0.562. The second kappa shape index (κ2) is 3.14. The first kappa shape index (κ1) is 7.60. The second-order valence-corrected chi connectivity index (χ2v) is 4.38. The van der Waals surface area contributed by atoms with Crippen LogP contribution in [0.1, 0.15) is 39.0 Å². The lowest BCUT2D eigenvalue weighted by molar-refractivity contribution is 0.173. The van der Waals surface area contributed by atoms with Crippen LogP contribution in [0.25, 0.3) is 0 Å². The zero-order valence-electron chi connectivity index (χ0n) is 7.47. The second-order valence-electron chi connectivity index (χ2n) is 4.38. The minimum absolute atomic E-state index is 0.889. The van der Waals surface area contributed by atoms with Crippen molar-refractivity contribution in [1.29, 1.82) is 0 Å². The van der Waals surface area contributed by atoms with Crippen molar-refractivity contribution in [3.63, 3.8) is 0 Å². The van der Waals surface area contributed by atoms with E-state index < -0.39 is 0 Å². The van der Waals surface area contributed by atoms with Gasteiger partial charge in [0, 0.05) is 6.04 Å². The van der Waals surface area contributed by atoms with Crippen LogP contribution in [0.3, 0.4) is 0 Å². The maximum Gasteiger partial charge on any atom is 0.00955 e. The van der Waals surface area contributed by atoms with Crippen LogP contribution in [-0.4, -0.2) is 12.6 Å². The van der Waals surface area contributed by atoms with E-state index in [0.717, 1.165) is 17.9 Å². The number of fused-ring (bicyclic) bond motifs is 1. The van der Waals surface area contributed by atoms with E-state index in [1.165, 1.54) is 38.6 Å². The van der Waals surface area contributed by atoms with Gasteiger partial charge in [0.25, 0.3) is 0 Å². The van der Waals surface area contributed by atoms with E-state index in [1.54, 1.807) is 0 Å². The maximum absolute atomic E-state index is 3.64. The molecule has 0 aromatic carbocycles. The summed E-state index contributed by atoms with van der Waals surface area (Å²) in [6, 6.07) is 0.889. The van der Waals surface area contributed by atoms with E-state index in [2.05, 4.69) is 12.2 Å². The third-order valence-corrected chi connectivity index (χ3v) is 3.40. The average Bonchev–Trinajstić information content (AvgIpc) is 2.04. The Kier molecular flexibility index (Phi) is 2.17. The first-order valence-corrected chi connectivity index (χ1v) is 5.09. The highest BCUT2D eigenvalue weighted by Crippen LogP contribution is 2.33. The fraction of sp³-hybridized carbons (Fsp3) is 1.00. The molecule has 1 aliphatic heterocycles. The van der Waals surface area contributed by atoms with Gasteiger partial charge in [0.2, 0.25) is 0 Å². The summed E-state index contributed by atoms with van der Waals surface area (Å²) in [5.41, 5.74) is 0. The molecule has 1 saturated heterocycles. The molecule has 1 heterocycles. The Morgan fingerprint density at radius 2 is 2.09 bits per heavy atom. The number of rotatable bonds is 0. The van der Waals surface area contributed by atoms with Crippen molar-refractivity contribution < 1.29 is 0 Å². The summed E-state index contributed by atoms with van der Waals surface area (Å²) in [7, 11) is 0. The topological polar surface area (TPSA) is 12.0 Å². The molecule has 3 atom stereocenters. The molecule has 64 valence electrons. The van der Waals surface area contributed by atoms with Gasteiger partial charge in [-0.1, -0.05) is 6.92 Å². The Balaban J connectivity index is 1.93. The van der Waals surface area contributed by atoms with Gasteiger partial charge in [0.1, 0.15) is 0 Å². The van der Waals surface area contributed by atoms with Crippen molar-refractivity contribution in [1.82, 2.24) is 5.32 Å². The van der Waals surface area contributed by atoms with Crippen molar-refractivity contribution in [2.24, 2.45) is 11.8 Å². The Labute approximate surface area is 69.6 Å². The molecule has 1 saturated carbocycles. The predicted octanol–water partition coefficient (Wildman–Crippen LogP) is 2.17. The molecule has 0 spiro atoms. The van der Waals surface area contributed by atoms with Crippen LogP contribution >= 0.6 is 0 Å². The Hall–Kier alpha value is -0.0400. The monoisotopic (exact) mass is 153 g/mol. The lowest BCUT2D eigenvalue weighted by atomic mass is 9.75. The highest BCUT2D eigenvalue weighted by atomic mass is 14.9. The summed E-state index contributed by atoms with van der Waals surface area (Å²) in [5, 5.41) is 3.64. The third kappa shape index (κ3) is 1.58. The van der Waals surface area contributed by atoms with E-state index in [0.29, 0.717) is 0 Å². The van der Waals surface area contributed by atoms with Crippen molar-refractivity contribution >= 4 is 0 Å². The summed E-state index contributed by atoms with van der Waals surface area (Å²) < 4.78 is 0. The minimum atomic E-state index is 0.889. The normalized spacial score (nSPS) is 45.0. The van der Waals surface area contributed by atoms with Crippen molar-refractivity contribution in [3.8, 4) is 0 Å². The summed E-state index contributed by atoms with van der Waals surface area (Å²) in [4.78, 5) is 0. The van der Waals surface area contributed by atoms with Gasteiger partial charge in [-0.05, 0) is 50.5 Å². The standard InChI is InChI=1S/C10H19N/c1-8-4-5-10-9(7-8)3-2-6-11-10/h8-11H,2-7H2,1H3/t8-,9-,10+/m1/s1. The summed E-state index contributed by atoms with van der Waals surface area (Å²) in [5.74, 6) is 2.02. The zero-order chi connectivity index (χ0) is 7.68. The molecule has 2 aliphatic rings. The number of nitrogens with one attached hydrogen (secondary N) is 1. The SMILES string of the molecule is C[C@@H]1CC[C@@H]2NCCC[C@@H]2C1. The van der Waals surface area contributed by atoms with Crippen molar-refractivity contribution in [2.75, 3.05) is 6.54 Å². The first-order valence-electron chi connectivity index (χ1n) is 5.09. The highest BCUT2D eigenvalue weighted by Gasteiger charge is 2.29. The highest BCUT2D eigenvalue weighted by molar-refractivity contribution is 4.86. The van der Waals surface area contributed by atoms with Crippen LogP contribution in [0.2, 0.25) is 0 Å². The lowest BCUT2D eigenvalue weighted by Crippen LogP contribution is -2.44. The van der Waals surface area contributed by atoms with Crippen LogP contribution in [-0.2, 0) is 0 Å². The lowest BCUT2D eigenvalue weighted by Gasteiger charge is -2.38. The van der Waals surface area contributed by atoms with Gasteiger partial charge in [-0.2, -0.15) is 0 Å². The molecule has 1 N–H and O–H groups in total. The molecule has 2 fully saturated rings. The van der Waals surface area contributed by atoms with Crippen LogP contribution in [0, 0.1) is 11.8 Å². The molecular formula is C10H19N. The summed E-state index contributed by atoms with van der Waals surface area (Å²) in [6.45, 7) is 3.68. The van der Waals surface area contributed by atoms with Crippen molar-refractivity contribution in [2.45, 2.75) is 45.1 Å². The maximum atomic E-state index is 3.64. The van der Waals surface area contributed by atoms with E-state index in [1.807, 2.05) is 0 Å². The molecule has 11 heavy (non-hydrogen) atoms. The van der Waals surface area contributed by atoms with E-state index in [-0.39, 0.29) is 0 Å². The smallest absolute Gasteiger partial charge is 0.00955 e. The van der Waals surface area contributed by atoms with Gasteiger partial charge in [-0.15, -0.1) is 0 Å². The molecule has 0 amide bonds. The minimum Gasteiger partial charge on any atom is -0.314 e. The largest absolute Gasteiger partial charge is 0.314 e. The van der Waals surface area contributed by atoms with Gasteiger partial charge in [0.05, 0.1) is 0 Å². The van der Waals surface area contributed by atoms with Gasteiger partial charge >= 0.3 is 0 Å². The third-order valence-electron chi connectivity index (χ3n) is 3.40. The Morgan fingerprint density at radius 3 is 3.00 bits per heavy atom. The molecule has 0 radical (unpaired) electrons. The van der Waals surface area contributed by atoms with E-state index in [4.69, 9.17) is 0 Å². The van der Waals surface area contributed by atoms with Crippen LogP contribution in [0.4, 0.5) is 0 Å². The van der Waals surface area contributed by atoms with Gasteiger partial charge in [0.15, 0.2) is 0 Å². The van der Waals surface area contributed by atoms with Crippen LogP contribution in [0.5, 0.6) is 0 Å². The van der Waals surface area contributed by atoms with Gasteiger partial charge < -0.3 is 5.32 Å². The van der Waals surface area contributed by atoms with Gasteiger partial charge in [-0.3, -0.25) is 0 Å². The van der Waals surface area contributed by atoms with Crippen LogP contribution in [0.15, 0.2) is 0 Å². The fourth-order valence-electron chi connectivity index (χ4n) is 2.74. The molecule has 1 aliphatic carbocycles. The molecular weight excluding hydrogens is 134 g/mol. The average molecular weight is 153 g/mol. The molecule has 0 unspecified atom stereocenters. The fourth-order valence-corrected chi connectivity index (χ4v) is 2.74. The van der Waals surface area contributed by atoms with Gasteiger partial charge in [-0.25, -0.2) is 0 Å². The molecule has 2 rings (SSSR count). The predicted molar refractivity (Wildman–Crippen MR) is 47.5 cm³/mol. The van der Waals surface area contributed by atoms with E-state index in [9.17, 15) is 0 Å². The first-order chi connectivity index (χ1) is 5.36. The van der Waals surface area contributed by atoms with Crippen LogP contribution < -0.4 is 5.32 Å². The number of hydrogen-bond donors (Lipinski definition) is 1. The summed E-state index contributed by atoms with van der Waals surface area (Å²) in [6.07, 6.45) is 7.27. The van der Waals surface area contributed by atoms with E-state index >= 15 is 0 Å². The molecule has 0 aromatic heterocycles. The summed E-state index contributed by atoms with van der Waals surface area (Å²) >= 11 is 0. The molecule has 0 bridgehead atoms. The zero-order valence-corrected chi connectivity index (χ0v) is 7.47. The Morgan fingerprint density at radius 1 is 1.18 bits per heavy atom. The molecule has 1 heteroatoms. The Bertz CT molecular complexity index is 133. The number of piperidine rings is 1. The van der Waals surface area contributed by atoms with Crippen molar-refractivity contribution in [3.05, 3.63) is 0 Å².